The normalized spacial score (nSPS) is 11.7. The van der Waals surface area contributed by atoms with Crippen molar-refractivity contribution < 1.29 is 17.9 Å². The van der Waals surface area contributed by atoms with Gasteiger partial charge in [-0.1, -0.05) is 26.8 Å². The Morgan fingerprint density at radius 1 is 1.25 bits per heavy atom. The van der Waals surface area contributed by atoms with Crippen molar-refractivity contribution >= 4 is 16.7 Å². The van der Waals surface area contributed by atoms with Crippen molar-refractivity contribution in [2.24, 2.45) is 0 Å². The average Bonchev–Trinajstić information content (AvgIpc) is 2.44. The first-order valence-corrected chi connectivity index (χ1v) is 8.07. The summed E-state index contributed by atoms with van der Waals surface area (Å²) in [5.74, 6) is -0.501. The van der Waals surface area contributed by atoms with Crippen LogP contribution in [0.2, 0.25) is 0 Å². The first-order valence-electron chi connectivity index (χ1n) is 6.71. The molecule has 0 aromatic heterocycles. The Hall–Kier alpha value is -1.36. The minimum absolute atomic E-state index is 0.0505. The number of ether oxygens (including phenoxy) is 1. The van der Waals surface area contributed by atoms with Crippen molar-refractivity contribution in [3.63, 3.8) is 0 Å². The second kappa shape index (κ2) is 6.88. The zero-order valence-electron chi connectivity index (χ0n) is 12.4. The molecular formula is C15H22O4S. The molecule has 0 saturated carbocycles. The van der Waals surface area contributed by atoms with Gasteiger partial charge in [-0.25, -0.2) is 13.2 Å². The fraction of sp³-hybridized carbons (Fsp3) is 0.533. The smallest absolute Gasteiger partial charge is 0.337 e. The van der Waals surface area contributed by atoms with Crippen molar-refractivity contribution in [3.8, 4) is 0 Å². The topological polar surface area (TPSA) is 60.4 Å². The van der Waals surface area contributed by atoms with E-state index in [0.29, 0.717) is 11.1 Å². The van der Waals surface area contributed by atoms with Gasteiger partial charge in [-0.15, -0.1) is 0 Å². The molecule has 0 fully saturated rings. The number of thiol groups is 1. The zero-order valence-corrected chi connectivity index (χ0v) is 13.3. The van der Waals surface area contributed by atoms with Crippen LogP contribution in [0.3, 0.4) is 0 Å². The molecule has 1 rings (SSSR count). The van der Waals surface area contributed by atoms with Gasteiger partial charge in [0.2, 0.25) is 0 Å². The van der Waals surface area contributed by atoms with Crippen LogP contribution in [0.4, 0.5) is 0 Å². The van der Waals surface area contributed by atoms with E-state index in [9.17, 15) is 13.2 Å². The van der Waals surface area contributed by atoms with E-state index >= 15 is 0 Å². The Labute approximate surface area is 122 Å². The lowest BCUT2D eigenvalue weighted by atomic mass is 9.75. The Kier molecular flexibility index (Phi) is 5.74. The maximum atomic E-state index is 11.6. The molecule has 0 heterocycles. The van der Waals surface area contributed by atoms with E-state index in [-0.39, 0.29) is 11.2 Å². The Bertz CT molecular complexity index is 549. The molecule has 0 N–H and O–H groups in total. The fourth-order valence-corrected chi connectivity index (χ4v) is 2.87. The van der Waals surface area contributed by atoms with Crippen molar-refractivity contribution in [2.75, 3.05) is 7.11 Å². The van der Waals surface area contributed by atoms with Gasteiger partial charge in [-0.2, -0.15) is 0 Å². The number of esters is 1. The quantitative estimate of drug-likeness (QED) is 0.648. The predicted octanol–water partition coefficient (Wildman–Crippen LogP) is 2.66. The zero-order chi connectivity index (χ0) is 15.3. The summed E-state index contributed by atoms with van der Waals surface area (Å²) in [5.41, 5.74) is 1.98. The van der Waals surface area contributed by atoms with Gasteiger partial charge in [0, 0.05) is 0 Å². The highest BCUT2D eigenvalue weighted by atomic mass is 32.2. The SMILES string of the molecule is CCC(C)(CC)c1ccc(C(=O)OC)cc1C[SH](=O)=O. The summed E-state index contributed by atoms with van der Waals surface area (Å²) in [6.07, 6.45) is 1.81. The van der Waals surface area contributed by atoms with Crippen LogP contribution in [0.5, 0.6) is 0 Å². The van der Waals surface area contributed by atoms with E-state index in [4.69, 9.17) is 0 Å². The van der Waals surface area contributed by atoms with Crippen LogP contribution in [0.25, 0.3) is 0 Å². The number of rotatable bonds is 6. The molecule has 4 nitrogen and oxygen atoms in total. The first-order chi connectivity index (χ1) is 9.37. The third kappa shape index (κ3) is 3.60. The van der Waals surface area contributed by atoms with Crippen molar-refractivity contribution in [1.82, 2.24) is 0 Å². The lowest BCUT2D eigenvalue weighted by molar-refractivity contribution is 0.0600. The predicted molar refractivity (Wildman–Crippen MR) is 79.7 cm³/mol. The van der Waals surface area contributed by atoms with Crippen LogP contribution in [-0.4, -0.2) is 21.5 Å². The Morgan fingerprint density at radius 3 is 2.30 bits per heavy atom. The highest BCUT2D eigenvalue weighted by molar-refractivity contribution is 7.71. The van der Waals surface area contributed by atoms with Crippen molar-refractivity contribution in [3.05, 3.63) is 34.9 Å². The van der Waals surface area contributed by atoms with Gasteiger partial charge in [-0.05, 0) is 41.5 Å². The van der Waals surface area contributed by atoms with Crippen LogP contribution in [0.1, 0.15) is 55.1 Å². The van der Waals surface area contributed by atoms with E-state index < -0.39 is 16.7 Å². The van der Waals surface area contributed by atoms with Gasteiger partial charge in [0.1, 0.15) is 10.7 Å². The van der Waals surface area contributed by atoms with Crippen molar-refractivity contribution in [1.29, 1.82) is 0 Å². The van der Waals surface area contributed by atoms with E-state index in [1.54, 1.807) is 12.1 Å². The highest BCUT2D eigenvalue weighted by Gasteiger charge is 2.26. The molecule has 112 valence electrons. The molecule has 20 heavy (non-hydrogen) atoms. The molecule has 1 aromatic rings. The molecule has 0 aliphatic heterocycles. The number of methoxy groups -OCH3 is 1. The molecule has 0 spiro atoms. The maximum absolute atomic E-state index is 11.6. The van der Waals surface area contributed by atoms with Crippen LogP contribution < -0.4 is 0 Å². The fourth-order valence-electron chi connectivity index (χ4n) is 2.33. The summed E-state index contributed by atoms with van der Waals surface area (Å²) in [5, 5.41) is 0. The summed E-state index contributed by atoms with van der Waals surface area (Å²) in [6.45, 7) is 6.28. The van der Waals surface area contributed by atoms with Gasteiger partial charge < -0.3 is 4.74 Å². The lowest BCUT2D eigenvalue weighted by Gasteiger charge is -2.29. The third-order valence-electron chi connectivity index (χ3n) is 4.04. The first kappa shape index (κ1) is 16.7. The van der Waals surface area contributed by atoms with Gasteiger partial charge in [-0.3, -0.25) is 0 Å². The maximum Gasteiger partial charge on any atom is 0.337 e. The molecule has 5 heteroatoms. The Balaban J connectivity index is 3.40. The van der Waals surface area contributed by atoms with E-state index in [1.165, 1.54) is 7.11 Å². The van der Waals surface area contributed by atoms with Gasteiger partial charge in [0.05, 0.1) is 18.4 Å². The molecule has 0 radical (unpaired) electrons. The number of hydrogen-bond acceptors (Lipinski definition) is 4. The van der Waals surface area contributed by atoms with Gasteiger partial charge >= 0.3 is 5.97 Å². The van der Waals surface area contributed by atoms with Gasteiger partial charge in [0.25, 0.3) is 0 Å². The van der Waals surface area contributed by atoms with E-state index in [1.807, 2.05) is 6.07 Å². The second-order valence-corrected chi connectivity index (χ2v) is 6.10. The summed E-state index contributed by atoms with van der Waals surface area (Å²) >= 11 is 0. The number of benzene rings is 1. The van der Waals surface area contributed by atoms with Crippen LogP contribution in [0, 0.1) is 0 Å². The molecule has 0 atom stereocenters. The average molecular weight is 298 g/mol. The summed E-state index contributed by atoms with van der Waals surface area (Å²) in [6, 6.07) is 5.19. The minimum atomic E-state index is -2.54. The number of carbonyl (C=O) groups excluding carboxylic acids is 1. The third-order valence-corrected chi connectivity index (χ3v) is 4.64. The van der Waals surface area contributed by atoms with Crippen molar-refractivity contribution in [2.45, 2.75) is 44.8 Å². The van der Waals surface area contributed by atoms with Crippen LogP contribution in [-0.2, 0) is 26.6 Å². The highest BCUT2D eigenvalue weighted by Crippen LogP contribution is 2.34. The lowest BCUT2D eigenvalue weighted by Crippen LogP contribution is -2.22. The van der Waals surface area contributed by atoms with Crippen LogP contribution >= 0.6 is 0 Å². The molecule has 0 bridgehead atoms. The largest absolute Gasteiger partial charge is 0.465 e. The number of carbonyl (C=O) groups is 1. The second-order valence-electron chi connectivity index (χ2n) is 5.12. The van der Waals surface area contributed by atoms with E-state index in [2.05, 4.69) is 25.5 Å². The molecule has 1 aromatic carbocycles. The van der Waals surface area contributed by atoms with Crippen LogP contribution in [0.15, 0.2) is 18.2 Å². The summed E-state index contributed by atoms with van der Waals surface area (Å²) < 4.78 is 26.9. The van der Waals surface area contributed by atoms with Gasteiger partial charge in [0.15, 0.2) is 0 Å². The monoisotopic (exact) mass is 298 g/mol. The van der Waals surface area contributed by atoms with E-state index in [0.717, 1.165) is 18.4 Å². The molecule has 0 aliphatic carbocycles. The molecule has 0 saturated heterocycles. The molecule has 0 unspecified atom stereocenters. The Morgan fingerprint density at radius 2 is 1.85 bits per heavy atom. The molecular weight excluding hydrogens is 276 g/mol. The standard InChI is InChI=1S/C15H22O4S/c1-5-15(3,6-2)13-8-7-11(14(16)19-4)9-12(13)10-20(17)18/h7-9,20H,5-6,10H2,1-4H3. The number of hydrogen-bond donors (Lipinski definition) is 1. The summed E-state index contributed by atoms with van der Waals surface area (Å²) in [4.78, 5) is 11.6. The minimum Gasteiger partial charge on any atom is -0.465 e. The molecule has 0 amide bonds. The summed E-state index contributed by atoms with van der Waals surface area (Å²) in [7, 11) is -1.23. The molecule has 0 aliphatic rings.